The van der Waals surface area contributed by atoms with Crippen LogP contribution in [-0.2, 0) is 0 Å². The highest BCUT2D eigenvalue weighted by atomic mass is 19.4. The Bertz CT molecular complexity index is 857. The molecular formula is C17H13F4N3O. The third-order valence-electron chi connectivity index (χ3n) is 3.40. The molecule has 0 aliphatic carbocycles. The van der Waals surface area contributed by atoms with E-state index < -0.39 is 12.5 Å². The van der Waals surface area contributed by atoms with Crippen LogP contribution >= 0.6 is 0 Å². The molecule has 25 heavy (non-hydrogen) atoms. The summed E-state index contributed by atoms with van der Waals surface area (Å²) in [6.07, 6.45) is -4.59. The molecule has 1 heterocycles. The summed E-state index contributed by atoms with van der Waals surface area (Å²) in [7, 11) is 0. The molecule has 0 saturated heterocycles. The van der Waals surface area contributed by atoms with Crippen LogP contribution in [0.3, 0.4) is 0 Å². The van der Waals surface area contributed by atoms with Crippen molar-refractivity contribution in [2.45, 2.75) is 19.5 Å². The van der Waals surface area contributed by atoms with Crippen molar-refractivity contribution in [1.29, 1.82) is 0 Å². The highest BCUT2D eigenvalue weighted by molar-refractivity contribution is 5.66. The van der Waals surface area contributed by atoms with Gasteiger partial charge in [0, 0.05) is 0 Å². The number of rotatable bonds is 4. The second-order valence-electron chi connectivity index (χ2n) is 5.29. The lowest BCUT2D eigenvalue weighted by Crippen LogP contribution is -2.16. The van der Waals surface area contributed by atoms with Gasteiger partial charge in [0.15, 0.2) is 12.0 Å². The fourth-order valence-corrected chi connectivity index (χ4v) is 2.26. The highest BCUT2D eigenvalue weighted by Gasteiger charge is 2.30. The van der Waals surface area contributed by atoms with Crippen molar-refractivity contribution in [3.8, 4) is 22.6 Å². The Labute approximate surface area is 140 Å². The van der Waals surface area contributed by atoms with Gasteiger partial charge in [0.05, 0.1) is 5.69 Å². The zero-order valence-electron chi connectivity index (χ0n) is 13.0. The number of alkyl halides is 4. The van der Waals surface area contributed by atoms with Crippen LogP contribution < -0.4 is 4.74 Å². The average molecular weight is 351 g/mol. The molecule has 8 heteroatoms. The van der Waals surface area contributed by atoms with Crippen LogP contribution in [0.4, 0.5) is 17.6 Å². The Kier molecular flexibility index (Phi) is 4.43. The number of hydrogen-bond donors (Lipinski definition) is 0. The number of hydrogen-bond acceptors (Lipinski definition) is 3. The van der Waals surface area contributed by atoms with Gasteiger partial charge in [-0.15, -0.1) is 18.3 Å². The zero-order valence-corrected chi connectivity index (χ0v) is 13.0. The Morgan fingerprint density at radius 1 is 1.04 bits per heavy atom. The van der Waals surface area contributed by atoms with E-state index in [9.17, 15) is 17.6 Å². The molecule has 0 fully saturated rings. The minimum atomic E-state index is -4.72. The van der Waals surface area contributed by atoms with Crippen LogP contribution in [0.5, 0.6) is 5.75 Å². The summed E-state index contributed by atoms with van der Waals surface area (Å²) in [6, 6.07) is 12.7. The summed E-state index contributed by atoms with van der Waals surface area (Å²) < 4.78 is 55.1. The Balaban J connectivity index is 1.86. The molecule has 0 spiro atoms. The predicted molar refractivity (Wildman–Crippen MR) is 83.0 cm³/mol. The molecule has 0 saturated carbocycles. The third-order valence-corrected chi connectivity index (χ3v) is 3.40. The Morgan fingerprint density at radius 2 is 1.76 bits per heavy atom. The zero-order chi connectivity index (χ0) is 18.0. The van der Waals surface area contributed by atoms with Gasteiger partial charge in [0.1, 0.15) is 12.1 Å². The summed E-state index contributed by atoms with van der Waals surface area (Å²) >= 11 is 0. The average Bonchev–Trinajstić information content (AvgIpc) is 3.04. The monoisotopic (exact) mass is 351 g/mol. The number of aromatic nitrogens is 3. The van der Waals surface area contributed by atoms with E-state index in [1.165, 1.54) is 42.2 Å². The molecule has 4 nitrogen and oxygen atoms in total. The Morgan fingerprint density at radius 3 is 2.36 bits per heavy atom. The maximum atomic E-state index is 13.2. The molecule has 3 rings (SSSR count). The first kappa shape index (κ1) is 16.9. The summed E-state index contributed by atoms with van der Waals surface area (Å²) in [6.45, 7) is 1.35. The maximum absolute atomic E-state index is 13.2. The number of benzene rings is 2. The molecule has 130 valence electrons. The molecule has 1 unspecified atom stereocenters. The van der Waals surface area contributed by atoms with Gasteiger partial charge >= 0.3 is 6.36 Å². The first-order valence-corrected chi connectivity index (χ1v) is 7.34. The lowest BCUT2D eigenvalue weighted by molar-refractivity contribution is -0.274. The summed E-state index contributed by atoms with van der Waals surface area (Å²) in [5.74, 6) is -0.204. The minimum absolute atomic E-state index is 0.0825. The van der Waals surface area contributed by atoms with Gasteiger partial charge in [0.2, 0.25) is 0 Å². The van der Waals surface area contributed by atoms with Crippen molar-refractivity contribution in [2.24, 2.45) is 0 Å². The quantitative estimate of drug-likeness (QED) is 0.630. The predicted octanol–water partition coefficient (Wildman–Crippen LogP) is 4.86. The largest absolute Gasteiger partial charge is 0.573 e. The van der Waals surface area contributed by atoms with Crippen molar-refractivity contribution in [3.05, 3.63) is 60.7 Å². The summed E-state index contributed by atoms with van der Waals surface area (Å²) in [5.41, 5.74) is 2.13. The van der Waals surface area contributed by atoms with E-state index in [0.29, 0.717) is 11.3 Å². The number of halogens is 4. The van der Waals surface area contributed by atoms with Gasteiger partial charge < -0.3 is 4.74 Å². The van der Waals surface area contributed by atoms with Crippen molar-refractivity contribution in [2.75, 3.05) is 0 Å². The van der Waals surface area contributed by atoms with Crippen LogP contribution in [-0.4, -0.2) is 21.1 Å². The van der Waals surface area contributed by atoms with Gasteiger partial charge in [-0.2, -0.15) is 0 Å². The van der Waals surface area contributed by atoms with Gasteiger partial charge in [-0.25, -0.2) is 14.1 Å². The molecular weight excluding hydrogens is 338 g/mol. The highest BCUT2D eigenvalue weighted by Crippen LogP contribution is 2.27. The van der Waals surface area contributed by atoms with Crippen molar-refractivity contribution >= 4 is 0 Å². The van der Waals surface area contributed by atoms with Crippen LogP contribution in [0, 0.1) is 0 Å². The standard InChI is InChI=1S/C17H13F4N3O/c1-11(18)16-22-10-24(23-16)14-4-2-3-13(9-14)12-5-7-15(8-6-12)25-17(19,20)21/h2-11H,1H3. The first-order valence-electron chi connectivity index (χ1n) is 7.34. The molecule has 3 aromatic rings. The molecule has 0 aliphatic rings. The topological polar surface area (TPSA) is 39.9 Å². The van der Waals surface area contributed by atoms with E-state index in [4.69, 9.17) is 0 Å². The second kappa shape index (κ2) is 6.54. The molecule has 0 radical (unpaired) electrons. The first-order chi connectivity index (χ1) is 11.8. The van der Waals surface area contributed by atoms with E-state index in [-0.39, 0.29) is 11.6 Å². The lowest BCUT2D eigenvalue weighted by Gasteiger charge is -2.10. The Hall–Kier alpha value is -2.90. The number of nitrogens with zero attached hydrogens (tertiary/aromatic N) is 3. The fourth-order valence-electron chi connectivity index (χ4n) is 2.26. The third kappa shape index (κ3) is 4.14. The van der Waals surface area contributed by atoms with E-state index in [2.05, 4.69) is 14.8 Å². The fraction of sp³-hybridized carbons (Fsp3) is 0.176. The van der Waals surface area contributed by atoms with Crippen LogP contribution in [0.25, 0.3) is 16.8 Å². The van der Waals surface area contributed by atoms with E-state index in [1.54, 1.807) is 24.3 Å². The molecule has 0 bridgehead atoms. The van der Waals surface area contributed by atoms with E-state index in [0.717, 1.165) is 5.56 Å². The summed E-state index contributed by atoms with van der Waals surface area (Å²) in [4.78, 5) is 3.89. The molecule has 1 aromatic heterocycles. The van der Waals surface area contributed by atoms with Crippen molar-refractivity contribution < 1.29 is 22.3 Å². The van der Waals surface area contributed by atoms with E-state index >= 15 is 0 Å². The van der Waals surface area contributed by atoms with E-state index in [1.807, 2.05) is 0 Å². The van der Waals surface area contributed by atoms with Gasteiger partial charge in [-0.05, 0) is 42.3 Å². The normalized spacial score (nSPS) is 12.8. The molecule has 0 amide bonds. The van der Waals surface area contributed by atoms with Gasteiger partial charge in [-0.1, -0.05) is 24.3 Å². The molecule has 0 N–H and O–H groups in total. The SMILES string of the molecule is CC(F)c1ncn(-c2cccc(-c3ccc(OC(F)(F)F)cc3)c2)n1. The maximum Gasteiger partial charge on any atom is 0.573 e. The van der Waals surface area contributed by atoms with Gasteiger partial charge in [-0.3, -0.25) is 0 Å². The van der Waals surface area contributed by atoms with Crippen molar-refractivity contribution in [1.82, 2.24) is 14.8 Å². The second-order valence-corrected chi connectivity index (χ2v) is 5.29. The number of ether oxygens (including phenoxy) is 1. The van der Waals surface area contributed by atoms with Crippen LogP contribution in [0.1, 0.15) is 18.9 Å². The van der Waals surface area contributed by atoms with Gasteiger partial charge in [0.25, 0.3) is 0 Å². The van der Waals surface area contributed by atoms with Crippen LogP contribution in [0.2, 0.25) is 0 Å². The summed E-state index contributed by atoms with van der Waals surface area (Å²) in [5, 5.41) is 4.05. The molecule has 1 atom stereocenters. The molecule has 0 aliphatic heterocycles. The molecule has 2 aromatic carbocycles. The lowest BCUT2D eigenvalue weighted by atomic mass is 10.1. The minimum Gasteiger partial charge on any atom is -0.406 e. The van der Waals surface area contributed by atoms with Crippen molar-refractivity contribution in [3.63, 3.8) is 0 Å². The van der Waals surface area contributed by atoms with Crippen LogP contribution in [0.15, 0.2) is 54.9 Å². The smallest absolute Gasteiger partial charge is 0.406 e.